The highest BCUT2D eigenvalue weighted by Crippen LogP contribution is 2.33. The summed E-state index contributed by atoms with van der Waals surface area (Å²) in [6, 6.07) is 11.9. The number of aromatic amines is 1. The van der Waals surface area contributed by atoms with Crippen molar-refractivity contribution in [1.82, 2.24) is 19.3 Å². The van der Waals surface area contributed by atoms with Crippen LogP contribution in [0.1, 0.15) is 23.7 Å². The Morgan fingerprint density at radius 2 is 2.00 bits per heavy atom. The van der Waals surface area contributed by atoms with E-state index in [0.29, 0.717) is 35.9 Å². The van der Waals surface area contributed by atoms with E-state index in [4.69, 9.17) is 4.74 Å². The highest BCUT2D eigenvalue weighted by atomic mass is 32.2. The number of H-pyrrole nitrogens is 1. The van der Waals surface area contributed by atoms with E-state index < -0.39 is 10.0 Å². The van der Waals surface area contributed by atoms with Crippen LogP contribution >= 0.6 is 0 Å². The zero-order valence-corrected chi connectivity index (χ0v) is 17.5. The standard InChI is InChI=1S/C21H22N4O4S/c1-14-6-7-18(29-2)19(11-14)30(27,28)25-10-8-15(13-25)21-23-17(12-20(26)24-21)16-5-3-4-9-22-16/h3-7,9,11-12,15H,8,10,13H2,1-2H3,(H,23,24,26)/t15-/m1/s1. The normalized spacial score (nSPS) is 17.2. The molecule has 1 aromatic carbocycles. The van der Waals surface area contributed by atoms with Gasteiger partial charge in [-0.15, -0.1) is 0 Å². The van der Waals surface area contributed by atoms with Crippen LogP contribution < -0.4 is 10.3 Å². The van der Waals surface area contributed by atoms with Crippen molar-refractivity contribution < 1.29 is 13.2 Å². The van der Waals surface area contributed by atoms with Gasteiger partial charge in [0.25, 0.3) is 5.56 Å². The first-order valence-corrected chi connectivity index (χ1v) is 11.0. The molecule has 1 N–H and O–H groups in total. The van der Waals surface area contributed by atoms with Crippen LogP contribution in [-0.2, 0) is 10.0 Å². The average Bonchev–Trinajstić information content (AvgIpc) is 3.25. The van der Waals surface area contributed by atoms with E-state index in [9.17, 15) is 13.2 Å². The summed E-state index contributed by atoms with van der Waals surface area (Å²) in [5.74, 6) is 0.566. The van der Waals surface area contributed by atoms with Crippen LogP contribution in [0, 0.1) is 6.92 Å². The van der Waals surface area contributed by atoms with Gasteiger partial charge in [0.1, 0.15) is 16.5 Å². The molecule has 0 unspecified atom stereocenters. The van der Waals surface area contributed by atoms with Gasteiger partial charge in [-0.1, -0.05) is 12.1 Å². The number of aryl methyl sites for hydroxylation is 1. The molecule has 0 bridgehead atoms. The third kappa shape index (κ3) is 3.86. The average molecular weight is 426 g/mol. The summed E-state index contributed by atoms with van der Waals surface area (Å²) >= 11 is 0. The molecule has 30 heavy (non-hydrogen) atoms. The van der Waals surface area contributed by atoms with Crippen LogP contribution in [0.4, 0.5) is 0 Å². The summed E-state index contributed by atoms with van der Waals surface area (Å²) < 4.78 is 33.2. The van der Waals surface area contributed by atoms with E-state index >= 15 is 0 Å². The van der Waals surface area contributed by atoms with Crippen molar-refractivity contribution >= 4 is 10.0 Å². The number of rotatable bonds is 5. The minimum atomic E-state index is -3.74. The van der Waals surface area contributed by atoms with Crippen LogP contribution in [0.15, 0.2) is 58.4 Å². The Balaban J connectivity index is 1.63. The number of hydrogen-bond donors (Lipinski definition) is 1. The fourth-order valence-corrected chi connectivity index (χ4v) is 5.35. The smallest absolute Gasteiger partial charge is 0.251 e. The number of nitrogens with zero attached hydrogens (tertiary/aromatic N) is 3. The lowest BCUT2D eigenvalue weighted by atomic mass is 10.1. The molecular formula is C21H22N4O4S. The molecule has 4 rings (SSSR count). The van der Waals surface area contributed by atoms with E-state index in [1.165, 1.54) is 17.5 Å². The van der Waals surface area contributed by atoms with Crippen LogP contribution in [0.3, 0.4) is 0 Å². The number of aromatic nitrogens is 3. The van der Waals surface area contributed by atoms with Crippen molar-refractivity contribution in [2.24, 2.45) is 0 Å². The molecule has 1 aliphatic rings. The highest BCUT2D eigenvalue weighted by Gasteiger charge is 2.36. The lowest BCUT2D eigenvalue weighted by Gasteiger charge is -2.19. The van der Waals surface area contributed by atoms with Crippen LogP contribution in [0.5, 0.6) is 5.75 Å². The van der Waals surface area contributed by atoms with Crippen molar-refractivity contribution in [3.63, 3.8) is 0 Å². The van der Waals surface area contributed by atoms with E-state index in [0.717, 1.165) is 5.56 Å². The van der Waals surface area contributed by atoms with Gasteiger partial charge in [0, 0.05) is 31.3 Å². The molecule has 1 saturated heterocycles. The molecule has 3 aromatic rings. The van der Waals surface area contributed by atoms with Gasteiger partial charge in [0.2, 0.25) is 10.0 Å². The second kappa shape index (κ2) is 8.00. The molecular weight excluding hydrogens is 404 g/mol. The molecule has 0 aliphatic carbocycles. The molecule has 1 aliphatic heterocycles. The fraction of sp³-hybridized carbons (Fsp3) is 0.286. The summed E-state index contributed by atoms with van der Waals surface area (Å²) in [5.41, 5.74) is 1.61. The van der Waals surface area contributed by atoms with E-state index in [-0.39, 0.29) is 22.9 Å². The number of ether oxygens (including phenoxy) is 1. The number of benzene rings is 1. The van der Waals surface area contributed by atoms with Gasteiger partial charge in [0.05, 0.1) is 18.5 Å². The number of pyridine rings is 1. The van der Waals surface area contributed by atoms with Gasteiger partial charge in [-0.05, 0) is 43.2 Å². The predicted octanol–water partition coefficient (Wildman–Crippen LogP) is 2.33. The molecule has 1 fully saturated rings. The third-order valence-corrected chi connectivity index (χ3v) is 7.05. The Morgan fingerprint density at radius 1 is 1.17 bits per heavy atom. The number of hydrogen-bond acceptors (Lipinski definition) is 6. The number of sulfonamides is 1. The Bertz CT molecular complexity index is 1230. The molecule has 0 amide bonds. The van der Waals surface area contributed by atoms with E-state index in [2.05, 4.69) is 15.0 Å². The summed E-state index contributed by atoms with van der Waals surface area (Å²) in [5, 5.41) is 0. The first-order valence-electron chi connectivity index (χ1n) is 9.56. The Labute approximate surface area is 174 Å². The zero-order valence-electron chi connectivity index (χ0n) is 16.7. The third-order valence-electron chi connectivity index (χ3n) is 5.16. The molecule has 2 aromatic heterocycles. The molecule has 0 saturated carbocycles. The maximum Gasteiger partial charge on any atom is 0.251 e. The molecule has 3 heterocycles. The molecule has 1 atom stereocenters. The first kappa shape index (κ1) is 20.2. The maximum absolute atomic E-state index is 13.2. The second-order valence-corrected chi connectivity index (χ2v) is 9.14. The SMILES string of the molecule is COc1ccc(C)cc1S(=O)(=O)N1CC[C@@H](c2nc(-c3ccccn3)cc(=O)[nH]2)C1. The highest BCUT2D eigenvalue weighted by molar-refractivity contribution is 7.89. The van der Waals surface area contributed by atoms with Gasteiger partial charge < -0.3 is 9.72 Å². The minimum absolute atomic E-state index is 0.148. The minimum Gasteiger partial charge on any atom is -0.495 e. The number of nitrogens with one attached hydrogen (secondary N) is 1. The largest absolute Gasteiger partial charge is 0.495 e. The summed E-state index contributed by atoms with van der Waals surface area (Å²) in [6.07, 6.45) is 2.19. The molecule has 0 radical (unpaired) electrons. The number of methoxy groups -OCH3 is 1. The van der Waals surface area contributed by atoms with Gasteiger partial charge in [-0.25, -0.2) is 13.4 Å². The predicted molar refractivity (Wildman–Crippen MR) is 112 cm³/mol. The Morgan fingerprint density at radius 3 is 2.73 bits per heavy atom. The van der Waals surface area contributed by atoms with Crippen molar-refractivity contribution in [3.8, 4) is 17.1 Å². The Kier molecular flexibility index (Phi) is 5.40. The zero-order chi connectivity index (χ0) is 21.3. The van der Waals surface area contributed by atoms with E-state index in [1.54, 1.807) is 30.5 Å². The quantitative estimate of drug-likeness (QED) is 0.671. The molecule has 156 valence electrons. The van der Waals surface area contributed by atoms with Crippen molar-refractivity contribution in [2.45, 2.75) is 24.2 Å². The second-order valence-electron chi connectivity index (χ2n) is 7.23. The Hall–Kier alpha value is -3.04. The maximum atomic E-state index is 13.2. The van der Waals surface area contributed by atoms with Crippen LogP contribution in [0.25, 0.3) is 11.4 Å². The molecule has 0 spiro atoms. The van der Waals surface area contributed by atoms with Crippen molar-refractivity contribution in [1.29, 1.82) is 0 Å². The van der Waals surface area contributed by atoms with Crippen LogP contribution in [0.2, 0.25) is 0 Å². The van der Waals surface area contributed by atoms with E-state index in [1.807, 2.05) is 19.1 Å². The van der Waals surface area contributed by atoms with Crippen molar-refractivity contribution in [2.75, 3.05) is 20.2 Å². The molecule has 9 heteroatoms. The van der Waals surface area contributed by atoms with Gasteiger partial charge in [0.15, 0.2) is 0 Å². The van der Waals surface area contributed by atoms with Gasteiger partial charge in [-0.3, -0.25) is 9.78 Å². The molecule has 8 nitrogen and oxygen atoms in total. The van der Waals surface area contributed by atoms with Crippen molar-refractivity contribution in [3.05, 3.63) is 70.4 Å². The fourth-order valence-electron chi connectivity index (χ4n) is 3.61. The lowest BCUT2D eigenvalue weighted by molar-refractivity contribution is 0.398. The van der Waals surface area contributed by atoms with Gasteiger partial charge >= 0.3 is 0 Å². The van der Waals surface area contributed by atoms with Crippen LogP contribution in [-0.4, -0.2) is 47.9 Å². The summed E-state index contributed by atoms with van der Waals surface area (Å²) in [4.78, 5) is 23.9. The first-order chi connectivity index (χ1) is 14.4. The lowest BCUT2D eigenvalue weighted by Crippen LogP contribution is -2.29. The van der Waals surface area contributed by atoms with Gasteiger partial charge in [-0.2, -0.15) is 4.31 Å². The summed E-state index contributed by atoms with van der Waals surface area (Å²) in [6.45, 7) is 2.40. The summed E-state index contributed by atoms with van der Waals surface area (Å²) in [7, 11) is -2.29. The monoisotopic (exact) mass is 426 g/mol. The topological polar surface area (TPSA) is 105 Å².